The van der Waals surface area contributed by atoms with Crippen molar-refractivity contribution in [1.82, 2.24) is 0 Å². The number of rotatable bonds is 2. The van der Waals surface area contributed by atoms with Crippen molar-refractivity contribution in [2.45, 2.75) is 6.42 Å². The molecule has 1 fully saturated rings. The van der Waals surface area contributed by atoms with Crippen LogP contribution in [0.2, 0.25) is 0 Å². The molecule has 0 radical (unpaired) electrons. The van der Waals surface area contributed by atoms with Gasteiger partial charge in [-0.2, -0.15) is 5.26 Å². The molecular weight excluding hydrogens is 240 g/mol. The van der Waals surface area contributed by atoms with E-state index in [1.807, 2.05) is 0 Å². The lowest BCUT2D eigenvalue weighted by molar-refractivity contribution is -0.121. The molecule has 1 amide bonds. The van der Waals surface area contributed by atoms with Crippen LogP contribution in [0.3, 0.4) is 0 Å². The molecule has 1 aromatic rings. The number of carbonyl (C=O) groups is 1. The van der Waals surface area contributed by atoms with Gasteiger partial charge in [-0.05, 0) is 18.6 Å². The van der Waals surface area contributed by atoms with Crippen molar-refractivity contribution in [3.05, 3.63) is 29.3 Å². The zero-order valence-corrected chi connectivity index (χ0v) is 9.49. The topological polar surface area (TPSA) is 70.1 Å². The first-order valence-corrected chi connectivity index (χ1v) is 5.47. The van der Waals surface area contributed by atoms with E-state index in [0.717, 1.165) is 0 Å². The molecule has 0 spiro atoms. The molecule has 1 unspecified atom stereocenters. The van der Waals surface area contributed by atoms with Crippen LogP contribution in [0.25, 0.3) is 0 Å². The average Bonchev–Trinajstić information content (AvgIpc) is 2.82. The standard InChI is InChI=1S/C12H11F2N3O/c13-10-7(5-15)1-2-9(11(10)14)17-4-3-8(6-17)12(16)18/h1-2,8H,3-4,6H2,(H2,16,18). The largest absolute Gasteiger partial charge is 0.369 e. The molecule has 2 N–H and O–H groups in total. The lowest BCUT2D eigenvalue weighted by Crippen LogP contribution is -2.27. The summed E-state index contributed by atoms with van der Waals surface area (Å²) in [6.45, 7) is 0.716. The maximum Gasteiger partial charge on any atom is 0.222 e. The molecule has 1 heterocycles. The Morgan fingerprint density at radius 3 is 2.72 bits per heavy atom. The van der Waals surface area contributed by atoms with Gasteiger partial charge in [0, 0.05) is 13.1 Å². The summed E-state index contributed by atoms with van der Waals surface area (Å²) in [7, 11) is 0. The SMILES string of the molecule is N#Cc1ccc(N2CCC(C(N)=O)C2)c(F)c1F. The summed E-state index contributed by atoms with van der Waals surface area (Å²) in [6.07, 6.45) is 0.524. The summed E-state index contributed by atoms with van der Waals surface area (Å²) in [5.74, 6) is -2.99. The molecule has 6 heteroatoms. The molecule has 0 saturated carbocycles. The molecular formula is C12H11F2N3O. The number of amides is 1. The number of primary amides is 1. The number of hydrogen-bond acceptors (Lipinski definition) is 3. The summed E-state index contributed by atoms with van der Waals surface area (Å²) >= 11 is 0. The number of anilines is 1. The van der Waals surface area contributed by atoms with Crippen molar-refractivity contribution < 1.29 is 13.6 Å². The lowest BCUT2D eigenvalue weighted by atomic mass is 10.1. The molecule has 4 nitrogen and oxygen atoms in total. The van der Waals surface area contributed by atoms with Crippen LogP contribution in [0.15, 0.2) is 12.1 Å². The average molecular weight is 251 g/mol. The van der Waals surface area contributed by atoms with E-state index in [-0.39, 0.29) is 23.7 Å². The Morgan fingerprint density at radius 2 is 2.17 bits per heavy atom. The van der Waals surface area contributed by atoms with Crippen molar-refractivity contribution in [2.24, 2.45) is 11.7 Å². The van der Waals surface area contributed by atoms with Gasteiger partial charge in [-0.25, -0.2) is 8.78 Å². The van der Waals surface area contributed by atoms with Crippen LogP contribution in [0, 0.1) is 28.9 Å². The predicted molar refractivity (Wildman–Crippen MR) is 60.6 cm³/mol. The van der Waals surface area contributed by atoms with Gasteiger partial charge in [-0.3, -0.25) is 4.79 Å². The van der Waals surface area contributed by atoms with E-state index in [0.29, 0.717) is 13.0 Å². The van der Waals surface area contributed by atoms with E-state index >= 15 is 0 Å². The van der Waals surface area contributed by atoms with E-state index in [1.54, 1.807) is 11.0 Å². The zero-order chi connectivity index (χ0) is 13.3. The fourth-order valence-corrected chi connectivity index (χ4v) is 2.08. The smallest absolute Gasteiger partial charge is 0.222 e. The molecule has 94 valence electrons. The predicted octanol–water partition coefficient (Wildman–Crippen LogP) is 1.15. The summed E-state index contributed by atoms with van der Waals surface area (Å²) in [5, 5.41) is 8.58. The van der Waals surface area contributed by atoms with Crippen LogP contribution < -0.4 is 10.6 Å². The number of nitrogens with two attached hydrogens (primary N) is 1. The van der Waals surface area contributed by atoms with Gasteiger partial charge in [0.25, 0.3) is 0 Å². The van der Waals surface area contributed by atoms with Gasteiger partial charge in [0.05, 0.1) is 17.2 Å². The van der Waals surface area contributed by atoms with Gasteiger partial charge < -0.3 is 10.6 Å². The second-order valence-corrected chi connectivity index (χ2v) is 4.21. The molecule has 1 atom stereocenters. The van der Waals surface area contributed by atoms with Gasteiger partial charge in [-0.15, -0.1) is 0 Å². The third-order valence-corrected chi connectivity index (χ3v) is 3.11. The summed E-state index contributed by atoms with van der Waals surface area (Å²) in [6, 6.07) is 4.15. The summed E-state index contributed by atoms with van der Waals surface area (Å²) in [5.41, 5.74) is 4.91. The van der Waals surface area contributed by atoms with Crippen molar-refractivity contribution >= 4 is 11.6 Å². The first-order chi connectivity index (χ1) is 8.54. The monoisotopic (exact) mass is 251 g/mol. The van der Waals surface area contributed by atoms with E-state index in [9.17, 15) is 13.6 Å². The van der Waals surface area contributed by atoms with Crippen LogP contribution in [0.1, 0.15) is 12.0 Å². The molecule has 0 aliphatic carbocycles. The minimum Gasteiger partial charge on any atom is -0.369 e. The quantitative estimate of drug-likeness (QED) is 0.857. The maximum absolute atomic E-state index is 13.7. The van der Waals surface area contributed by atoms with Crippen LogP contribution in [0.5, 0.6) is 0 Å². The van der Waals surface area contributed by atoms with Crippen LogP contribution in [-0.2, 0) is 4.79 Å². The van der Waals surface area contributed by atoms with E-state index in [1.165, 1.54) is 12.1 Å². The van der Waals surface area contributed by atoms with Crippen LogP contribution in [0.4, 0.5) is 14.5 Å². The van der Waals surface area contributed by atoms with Crippen LogP contribution in [-0.4, -0.2) is 19.0 Å². The zero-order valence-electron chi connectivity index (χ0n) is 9.49. The molecule has 1 saturated heterocycles. The Morgan fingerprint density at radius 1 is 1.44 bits per heavy atom. The highest BCUT2D eigenvalue weighted by atomic mass is 19.2. The van der Waals surface area contributed by atoms with Crippen molar-refractivity contribution in [3.8, 4) is 6.07 Å². The fraction of sp³-hybridized carbons (Fsp3) is 0.333. The highest BCUT2D eigenvalue weighted by Gasteiger charge is 2.29. The van der Waals surface area contributed by atoms with Gasteiger partial charge >= 0.3 is 0 Å². The molecule has 1 aliphatic rings. The van der Waals surface area contributed by atoms with Crippen molar-refractivity contribution in [2.75, 3.05) is 18.0 Å². The first kappa shape index (κ1) is 12.3. The van der Waals surface area contributed by atoms with E-state index in [4.69, 9.17) is 11.0 Å². The highest BCUT2D eigenvalue weighted by Crippen LogP contribution is 2.28. The number of benzene rings is 1. The minimum atomic E-state index is -1.16. The van der Waals surface area contributed by atoms with Crippen LogP contribution >= 0.6 is 0 Å². The van der Waals surface area contributed by atoms with Gasteiger partial charge in [0.2, 0.25) is 5.91 Å². The Kier molecular flexibility index (Phi) is 3.15. The van der Waals surface area contributed by atoms with Crippen molar-refractivity contribution in [1.29, 1.82) is 5.26 Å². The first-order valence-electron chi connectivity index (χ1n) is 5.47. The Balaban J connectivity index is 2.29. The van der Waals surface area contributed by atoms with Gasteiger partial charge in [0.15, 0.2) is 11.6 Å². The molecule has 1 aliphatic heterocycles. The van der Waals surface area contributed by atoms with Gasteiger partial charge in [0.1, 0.15) is 6.07 Å². The summed E-state index contributed by atoms with van der Waals surface area (Å²) < 4.78 is 27.2. The Bertz CT molecular complexity index is 539. The number of nitrogens with zero attached hydrogens (tertiary/aromatic N) is 2. The second-order valence-electron chi connectivity index (χ2n) is 4.21. The minimum absolute atomic E-state index is 0.0650. The fourth-order valence-electron chi connectivity index (χ4n) is 2.08. The maximum atomic E-state index is 13.7. The molecule has 2 rings (SSSR count). The third-order valence-electron chi connectivity index (χ3n) is 3.11. The van der Waals surface area contributed by atoms with E-state index in [2.05, 4.69) is 0 Å². The highest BCUT2D eigenvalue weighted by molar-refractivity contribution is 5.78. The number of nitriles is 1. The molecule has 0 aromatic heterocycles. The van der Waals surface area contributed by atoms with Crippen molar-refractivity contribution in [3.63, 3.8) is 0 Å². The molecule has 18 heavy (non-hydrogen) atoms. The summed E-state index contributed by atoms with van der Waals surface area (Å²) in [4.78, 5) is 12.6. The number of hydrogen-bond donors (Lipinski definition) is 1. The Labute approximate surface area is 103 Å². The molecule has 0 bridgehead atoms. The number of carbonyl (C=O) groups excluding carboxylic acids is 1. The Hall–Kier alpha value is -2.16. The number of halogens is 2. The van der Waals surface area contributed by atoms with Gasteiger partial charge in [-0.1, -0.05) is 0 Å². The lowest BCUT2D eigenvalue weighted by Gasteiger charge is -2.19. The molecule has 1 aromatic carbocycles. The van der Waals surface area contributed by atoms with E-state index < -0.39 is 17.5 Å². The normalized spacial score (nSPS) is 18.7. The second kappa shape index (κ2) is 4.61. The third kappa shape index (κ3) is 1.99.